The fourth-order valence-corrected chi connectivity index (χ4v) is 3.04. The number of fused-ring (bicyclic) bond motifs is 3. The van der Waals surface area contributed by atoms with Crippen LogP contribution in [0.5, 0.6) is 17.2 Å². The highest BCUT2D eigenvalue weighted by molar-refractivity contribution is 5.76. The predicted molar refractivity (Wildman–Crippen MR) is 79.9 cm³/mol. The Kier molecular flexibility index (Phi) is 3.47. The second-order valence-corrected chi connectivity index (χ2v) is 5.37. The monoisotopic (exact) mass is 286 g/mol. The van der Waals surface area contributed by atoms with Crippen molar-refractivity contribution in [3.05, 3.63) is 41.5 Å². The van der Waals surface area contributed by atoms with Crippen LogP contribution in [-0.4, -0.2) is 29.0 Å². The summed E-state index contributed by atoms with van der Waals surface area (Å²) in [7, 11) is 1.51. The van der Waals surface area contributed by atoms with Crippen LogP contribution in [0.3, 0.4) is 0 Å². The van der Waals surface area contributed by atoms with Crippen LogP contribution in [-0.2, 0) is 6.42 Å². The fourth-order valence-electron chi connectivity index (χ4n) is 3.04. The summed E-state index contributed by atoms with van der Waals surface area (Å²) in [6.45, 7) is 0.0426. The molecule has 0 aromatic heterocycles. The molecule has 2 aromatic rings. The molecule has 0 bridgehead atoms. The molecule has 1 aliphatic rings. The number of hydrogen-bond acceptors (Lipinski definition) is 4. The number of aryl methyl sites for hydroxylation is 1. The second-order valence-electron chi connectivity index (χ2n) is 5.37. The van der Waals surface area contributed by atoms with Gasteiger partial charge in [0.25, 0.3) is 0 Å². The molecule has 2 aromatic carbocycles. The molecule has 1 atom stereocenters. The summed E-state index contributed by atoms with van der Waals surface area (Å²) in [6, 6.07) is 8.73. The first-order valence-corrected chi connectivity index (χ1v) is 6.98. The molecule has 0 saturated carbocycles. The van der Waals surface area contributed by atoms with Crippen LogP contribution in [0.15, 0.2) is 30.3 Å². The molecule has 3 rings (SSSR count). The van der Waals surface area contributed by atoms with Crippen molar-refractivity contribution in [2.45, 2.75) is 18.8 Å². The lowest BCUT2D eigenvalue weighted by Crippen LogP contribution is -2.05. The number of methoxy groups -OCH3 is 1. The minimum Gasteiger partial charge on any atom is -0.508 e. The van der Waals surface area contributed by atoms with Crippen molar-refractivity contribution in [2.24, 2.45) is 0 Å². The van der Waals surface area contributed by atoms with Crippen molar-refractivity contribution in [1.82, 2.24) is 0 Å². The topological polar surface area (TPSA) is 69.9 Å². The van der Waals surface area contributed by atoms with Gasteiger partial charge in [-0.2, -0.15) is 0 Å². The van der Waals surface area contributed by atoms with Crippen molar-refractivity contribution in [2.75, 3.05) is 13.7 Å². The zero-order valence-corrected chi connectivity index (χ0v) is 11.8. The maximum Gasteiger partial charge on any atom is 0.160 e. The maximum absolute atomic E-state index is 10.1. The van der Waals surface area contributed by atoms with Gasteiger partial charge in [-0.3, -0.25) is 0 Å². The number of phenols is 2. The average Bonchev–Trinajstić information content (AvgIpc) is 2.62. The summed E-state index contributed by atoms with van der Waals surface area (Å²) in [5.74, 6) is 0.711. The highest BCUT2D eigenvalue weighted by Crippen LogP contribution is 2.43. The first-order chi connectivity index (χ1) is 10.1. The van der Waals surface area contributed by atoms with Gasteiger partial charge in [0.1, 0.15) is 5.75 Å². The van der Waals surface area contributed by atoms with E-state index in [1.165, 1.54) is 7.11 Å². The van der Waals surface area contributed by atoms with Gasteiger partial charge in [-0.05, 0) is 59.4 Å². The van der Waals surface area contributed by atoms with E-state index in [2.05, 4.69) is 0 Å². The summed E-state index contributed by atoms with van der Waals surface area (Å²) in [4.78, 5) is 0. The standard InChI is InChI=1S/C17H18O4/c1-21-17-8-14-11(9-18)3-2-10-6-12(19)4-5-13(10)15(14)7-16(17)20/h4-8,11,18-20H,2-3,9H2,1H3/t11-/m1/s1. The van der Waals surface area contributed by atoms with Crippen LogP contribution in [0.2, 0.25) is 0 Å². The number of rotatable bonds is 2. The van der Waals surface area contributed by atoms with Gasteiger partial charge in [0, 0.05) is 12.5 Å². The Labute approximate surface area is 123 Å². The molecule has 21 heavy (non-hydrogen) atoms. The summed E-state index contributed by atoms with van der Waals surface area (Å²) in [5.41, 5.74) is 3.87. The molecule has 4 heteroatoms. The van der Waals surface area contributed by atoms with E-state index < -0.39 is 0 Å². The van der Waals surface area contributed by atoms with E-state index in [0.29, 0.717) is 5.75 Å². The minimum atomic E-state index is -0.0101. The molecule has 0 amide bonds. The third kappa shape index (κ3) is 2.32. The van der Waals surface area contributed by atoms with Crippen LogP contribution < -0.4 is 4.74 Å². The normalized spacial score (nSPS) is 16.8. The van der Waals surface area contributed by atoms with Crippen molar-refractivity contribution in [3.63, 3.8) is 0 Å². The van der Waals surface area contributed by atoms with E-state index in [1.807, 2.05) is 6.07 Å². The fraction of sp³-hybridized carbons (Fsp3) is 0.294. The largest absolute Gasteiger partial charge is 0.508 e. The second kappa shape index (κ2) is 5.30. The highest BCUT2D eigenvalue weighted by atomic mass is 16.5. The molecule has 3 N–H and O–H groups in total. The van der Waals surface area contributed by atoms with Crippen LogP contribution in [0, 0.1) is 0 Å². The number of aliphatic hydroxyl groups excluding tert-OH is 1. The summed E-state index contributed by atoms with van der Waals surface area (Å²) in [6.07, 6.45) is 1.56. The molecule has 0 heterocycles. The molecule has 0 unspecified atom stereocenters. The Hall–Kier alpha value is -2.20. The van der Waals surface area contributed by atoms with E-state index >= 15 is 0 Å². The Morgan fingerprint density at radius 1 is 1.14 bits per heavy atom. The molecule has 0 fully saturated rings. The van der Waals surface area contributed by atoms with E-state index in [9.17, 15) is 15.3 Å². The Morgan fingerprint density at radius 2 is 1.95 bits per heavy atom. The van der Waals surface area contributed by atoms with Crippen molar-refractivity contribution >= 4 is 0 Å². The number of aliphatic hydroxyl groups is 1. The van der Waals surface area contributed by atoms with Gasteiger partial charge in [-0.1, -0.05) is 6.07 Å². The van der Waals surface area contributed by atoms with Gasteiger partial charge in [0.05, 0.1) is 7.11 Å². The molecule has 1 aliphatic carbocycles. The quantitative estimate of drug-likeness (QED) is 0.794. The molecule has 0 radical (unpaired) electrons. The van der Waals surface area contributed by atoms with E-state index in [1.54, 1.807) is 24.3 Å². The lowest BCUT2D eigenvalue weighted by Gasteiger charge is -2.17. The van der Waals surface area contributed by atoms with Gasteiger partial charge < -0.3 is 20.1 Å². The van der Waals surface area contributed by atoms with Crippen LogP contribution in [0.1, 0.15) is 23.5 Å². The first kappa shape index (κ1) is 13.8. The molecule has 110 valence electrons. The number of benzene rings is 2. The molecule has 0 aliphatic heterocycles. The van der Waals surface area contributed by atoms with E-state index in [-0.39, 0.29) is 24.0 Å². The molecule has 4 nitrogen and oxygen atoms in total. The maximum atomic E-state index is 10.1. The average molecular weight is 286 g/mol. The summed E-state index contributed by atoms with van der Waals surface area (Å²) in [5, 5.41) is 29.4. The summed E-state index contributed by atoms with van der Waals surface area (Å²) < 4.78 is 5.18. The molecule has 0 saturated heterocycles. The van der Waals surface area contributed by atoms with Crippen molar-refractivity contribution < 1.29 is 20.1 Å². The van der Waals surface area contributed by atoms with Gasteiger partial charge in [-0.25, -0.2) is 0 Å². The Balaban J connectivity index is 2.26. The van der Waals surface area contributed by atoms with E-state index in [4.69, 9.17) is 4.74 Å². The molecule has 0 spiro atoms. The summed E-state index contributed by atoms with van der Waals surface area (Å²) >= 11 is 0. The van der Waals surface area contributed by atoms with Crippen molar-refractivity contribution in [1.29, 1.82) is 0 Å². The third-order valence-corrected chi connectivity index (χ3v) is 4.15. The zero-order valence-electron chi connectivity index (χ0n) is 11.8. The van der Waals surface area contributed by atoms with Crippen LogP contribution in [0.25, 0.3) is 11.1 Å². The van der Waals surface area contributed by atoms with Crippen LogP contribution in [0.4, 0.5) is 0 Å². The van der Waals surface area contributed by atoms with Gasteiger partial charge in [0.2, 0.25) is 0 Å². The first-order valence-electron chi connectivity index (χ1n) is 6.98. The lowest BCUT2D eigenvalue weighted by atomic mass is 9.91. The van der Waals surface area contributed by atoms with Crippen molar-refractivity contribution in [3.8, 4) is 28.4 Å². The Morgan fingerprint density at radius 3 is 2.67 bits per heavy atom. The Bertz CT molecular complexity index is 679. The van der Waals surface area contributed by atoms with E-state index in [0.717, 1.165) is 35.1 Å². The number of aromatic hydroxyl groups is 2. The van der Waals surface area contributed by atoms with Gasteiger partial charge >= 0.3 is 0 Å². The predicted octanol–water partition coefficient (Wildman–Crippen LogP) is 2.80. The van der Waals surface area contributed by atoms with Crippen LogP contribution >= 0.6 is 0 Å². The van der Waals surface area contributed by atoms with Gasteiger partial charge in [-0.15, -0.1) is 0 Å². The molecular formula is C17H18O4. The molecular weight excluding hydrogens is 268 g/mol. The minimum absolute atomic E-state index is 0.0101. The van der Waals surface area contributed by atoms with Gasteiger partial charge in [0.15, 0.2) is 11.5 Å². The number of hydrogen-bond donors (Lipinski definition) is 3. The number of ether oxygens (including phenoxy) is 1. The zero-order chi connectivity index (χ0) is 15.0. The smallest absolute Gasteiger partial charge is 0.160 e. The number of phenolic OH excluding ortho intramolecular Hbond substituents is 2. The third-order valence-electron chi connectivity index (χ3n) is 4.15. The lowest BCUT2D eigenvalue weighted by molar-refractivity contribution is 0.259. The highest BCUT2D eigenvalue weighted by Gasteiger charge is 2.24. The SMILES string of the molecule is COc1cc2c(cc1O)-c1ccc(O)cc1CC[C@@H]2CO.